The number of rotatable bonds is 5. The van der Waals surface area contributed by atoms with Crippen LogP contribution < -0.4 is 0 Å². The minimum atomic E-state index is -0.420. The zero-order valence-corrected chi connectivity index (χ0v) is 13.0. The van der Waals surface area contributed by atoms with Crippen LogP contribution in [-0.4, -0.2) is 19.7 Å². The molecule has 1 heterocycles. The topological polar surface area (TPSA) is 76.8 Å². The predicted octanol–water partition coefficient (Wildman–Crippen LogP) is 3.76. The summed E-state index contributed by atoms with van der Waals surface area (Å²) in [5, 5.41) is 17.8. The molecule has 3 aromatic rings. The maximum atomic E-state index is 10.7. The molecule has 0 saturated carbocycles. The van der Waals surface area contributed by atoms with Gasteiger partial charge in [0.15, 0.2) is 10.6 Å². The van der Waals surface area contributed by atoms with E-state index < -0.39 is 4.92 Å². The van der Waals surface area contributed by atoms with Crippen LogP contribution in [0.25, 0.3) is 11.4 Å². The van der Waals surface area contributed by atoms with Crippen LogP contribution in [0.1, 0.15) is 5.56 Å². The third-order valence-corrected chi connectivity index (χ3v) is 3.87. The van der Waals surface area contributed by atoms with E-state index in [-0.39, 0.29) is 5.69 Å². The summed E-state index contributed by atoms with van der Waals surface area (Å²) < 4.78 is 2.44. The molecule has 116 valence electrons. The van der Waals surface area contributed by atoms with Crippen molar-refractivity contribution in [3.8, 4) is 11.4 Å². The van der Waals surface area contributed by atoms with Gasteiger partial charge >= 0.3 is 0 Å². The Bertz CT molecular complexity index is 869. The van der Waals surface area contributed by atoms with Crippen LogP contribution in [-0.2, 0) is 13.0 Å². The molecule has 1 N–H and O–H groups in total. The average Bonchev–Trinajstić information content (AvgIpc) is 2.95. The molecule has 23 heavy (non-hydrogen) atoms. The predicted molar refractivity (Wildman–Crippen MR) is 89.6 cm³/mol. The maximum absolute atomic E-state index is 10.7. The Labute approximate surface area is 137 Å². The molecule has 3 rings (SSSR count). The van der Waals surface area contributed by atoms with Gasteiger partial charge < -0.3 is 0 Å². The van der Waals surface area contributed by atoms with Gasteiger partial charge in [-0.1, -0.05) is 30.3 Å². The fourth-order valence-corrected chi connectivity index (χ4v) is 2.59. The number of nitrogens with zero attached hydrogens (tertiary/aromatic N) is 3. The Hall–Kier alpha value is -2.80. The Morgan fingerprint density at radius 1 is 1.13 bits per heavy atom. The number of hydrogen-bond acceptors (Lipinski definition) is 4. The van der Waals surface area contributed by atoms with E-state index >= 15 is 0 Å². The molecule has 0 atom stereocenters. The van der Waals surface area contributed by atoms with E-state index in [1.165, 1.54) is 17.7 Å². The molecule has 0 fully saturated rings. The van der Waals surface area contributed by atoms with E-state index in [1.807, 2.05) is 22.8 Å². The molecule has 0 aliphatic rings. The van der Waals surface area contributed by atoms with Gasteiger partial charge in [-0.05, 0) is 36.3 Å². The molecular formula is C16H14N4O2S. The minimum Gasteiger partial charge on any atom is -0.300 e. The lowest BCUT2D eigenvalue weighted by atomic mass is 10.1. The Kier molecular flexibility index (Phi) is 4.29. The van der Waals surface area contributed by atoms with Crippen LogP contribution in [0.4, 0.5) is 5.69 Å². The molecule has 7 heteroatoms. The van der Waals surface area contributed by atoms with Crippen LogP contribution in [0.3, 0.4) is 0 Å². The van der Waals surface area contributed by atoms with Crippen LogP contribution in [0.15, 0.2) is 54.6 Å². The van der Waals surface area contributed by atoms with Crippen molar-refractivity contribution in [2.45, 2.75) is 13.0 Å². The number of aromatic nitrogens is 3. The van der Waals surface area contributed by atoms with E-state index in [2.05, 4.69) is 22.3 Å². The van der Waals surface area contributed by atoms with Crippen molar-refractivity contribution in [1.29, 1.82) is 0 Å². The number of benzene rings is 2. The fourth-order valence-electron chi connectivity index (χ4n) is 2.36. The number of H-pyrrole nitrogens is 1. The van der Waals surface area contributed by atoms with Crippen molar-refractivity contribution in [2.75, 3.05) is 0 Å². The highest BCUT2D eigenvalue weighted by Crippen LogP contribution is 2.21. The molecule has 1 aromatic heterocycles. The smallest absolute Gasteiger partial charge is 0.269 e. The van der Waals surface area contributed by atoms with Gasteiger partial charge in [0.25, 0.3) is 5.69 Å². The number of hydrogen-bond donors (Lipinski definition) is 1. The number of nitro benzene ring substituents is 1. The highest BCUT2D eigenvalue weighted by Gasteiger charge is 2.11. The largest absolute Gasteiger partial charge is 0.300 e. The van der Waals surface area contributed by atoms with E-state index in [0.29, 0.717) is 17.1 Å². The summed E-state index contributed by atoms with van der Waals surface area (Å²) >= 11 is 5.29. The number of aryl methyl sites for hydroxylation is 1. The quantitative estimate of drug-likeness (QED) is 0.440. The molecular weight excluding hydrogens is 312 g/mol. The molecule has 0 saturated heterocycles. The molecule has 0 bridgehead atoms. The lowest BCUT2D eigenvalue weighted by Gasteiger charge is -2.07. The van der Waals surface area contributed by atoms with E-state index in [4.69, 9.17) is 12.2 Å². The maximum Gasteiger partial charge on any atom is 0.269 e. The molecule has 0 spiro atoms. The van der Waals surface area contributed by atoms with Crippen molar-refractivity contribution in [1.82, 2.24) is 14.8 Å². The first-order valence-electron chi connectivity index (χ1n) is 7.09. The average molecular weight is 326 g/mol. The van der Waals surface area contributed by atoms with Crippen LogP contribution in [0.2, 0.25) is 0 Å². The lowest BCUT2D eigenvalue weighted by Crippen LogP contribution is -2.04. The summed E-state index contributed by atoms with van der Waals surface area (Å²) in [4.78, 5) is 10.3. The first kappa shape index (κ1) is 15.1. The van der Waals surface area contributed by atoms with Gasteiger partial charge in [0.05, 0.1) is 4.92 Å². The summed E-state index contributed by atoms with van der Waals surface area (Å²) in [6.07, 6.45) is 0.828. The van der Waals surface area contributed by atoms with Gasteiger partial charge in [-0.15, -0.1) is 0 Å². The van der Waals surface area contributed by atoms with Gasteiger partial charge in [-0.25, -0.2) is 0 Å². The molecule has 0 unspecified atom stereocenters. The number of nitro groups is 1. The summed E-state index contributed by atoms with van der Waals surface area (Å²) in [6, 6.07) is 16.4. The zero-order chi connectivity index (χ0) is 16.2. The Morgan fingerprint density at radius 3 is 2.48 bits per heavy atom. The third-order valence-electron chi connectivity index (χ3n) is 3.56. The first-order chi connectivity index (χ1) is 11.1. The van der Waals surface area contributed by atoms with Crippen molar-refractivity contribution < 1.29 is 4.92 Å². The van der Waals surface area contributed by atoms with Crippen LogP contribution >= 0.6 is 12.2 Å². The fraction of sp³-hybridized carbons (Fsp3) is 0.125. The minimum absolute atomic E-state index is 0.0544. The molecule has 0 aliphatic carbocycles. The molecule has 0 aliphatic heterocycles. The second-order valence-electron chi connectivity index (χ2n) is 5.04. The number of aromatic amines is 1. The van der Waals surface area contributed by atoms with E-state index in [9.17, 15) is 10.1 Å². The standard InChI is InChI=1S/C16H14N4O2S/c21-20(22)14-8-6-13(7-9-14)15-17-18-16(23)19(15)11-10-12-4-2-1-3-5-12/h1-9H,10-11H2,(H,18,23). The van der Waals surface area contributed by atoms with Gasteiger partial charge in [0.2, 0.25) is 0 Å². The normalized spacial score (nSPS) is 10.6. The number of non-ortho nitro benzene ring substituents is 1. The molecule has 2 aromatic carbocycles. The van der Waals surface area contributed by atoms with Gasteiger partial charge in [0, 0.05) is 24.2 Å². The molecule has 6 nitrogen and oxygen atoms in total. The summed E-state index contributed by atoms with van der Waals surface area (Å²) in [5.74, 6) is 0.681. The Balaban J connectivity index is 1.86. The van der Waals surface area contributed by atoms with Crippen molar-refractivity contribution >= 4 is 17.9 Å². The van der Waals surface area contributed by atoms with Gasteiger partial charge in [0.1, 0.15) is 0 Å². The van der Waals surface area contributed by atoms with Gasteiger partial charge in [-0.2, -0.15) is 5.10 Å². The summed E-state index contributed by atoms with van der Waals surface area (Å²) in [7, 11) is 0. The Morgan fingerprint density at radius 2 is 1.83 bits per heavy atom. The van der Waals surface area contributed by atoms with Crippen molar-refractivity contribution in [2.24, 2.45) is 0 Å². The van der Waals surface area contributed by atoms with Crippen molar-refractivity contribution in [3.05, 3.63) is 75.0 Å². The zero-order valence-electron chi connectivity index (χ0n) is 12.2. The SMILES string of the molecule is O=[N+]([O-])c1ccc(-c2n[nH]c(=S)n2CCc2ccccc2)cc1. The highest BCUT2D eigenvalue weighted by atomic mass is 32.1. The van der Waals surface area contributed by atoms with Crippen LogP contribution in [0.5, 0.6) is 0 Å². The number of nitrogens with one attached hydrogen (secondary N) is 1. The van der Waals surface area contributed by atoms with Crippen LogP contribution in [0, 0.1) is 14.9 Å². The molecule has 0 radical (unpaired) electrons. The second kappa shape index (κ2) is 6.53. The lowest BCUT2D eigenvalue weighted by molar-refractivity contribution is -0.384. The third kappa shape index (κ3) is 3.35. The monoisotopic (exact) mass is 326 g/mol. The second-order valence-corrected chi connectivity index (χ2v) is 5.43. The van der Waals surface area contributed by atoms with Crippen molar-refractivity contribution in [3.63, 3.8) is 0 Å². The van der Waals surface area contributed by atoms with E-state index in [0.717, 1.165) is 12.0 Å². The first-order valence-corrected chi connectivity index (χ1v) is 7.50. The van der Waals surface area contributed by atoms with Gasteiger partial charge in [-0.3, -0.25) is 19.8 Å². The highest BCUT2D eigenvalue weighted by molar-refractivity contribution is 7.71. The summed E-state index contributed by atoms with van der Waals surface area (Å²) in [5.41, 5.74) is 2.06. The molecule has 0 amide bonds. The van der Waals surface area contributed by atoms with E-state index in [1.54, 1.807) is 12.1 Å². The summed E-state index contributed by atoms with van der Waals surface area (Å²) in [6.45, 7) is 0.686.